The molecule has 0 saturated carbocycles. The van der Waals surface area contributed by atoms with Crippen LogP contribution in [0.1, 0.15) is 24.5 Å². The summed E-state index contributed by atoms with van der Waals surface area (Å²) in [6, 6.07) is 18.0. The highest BCUT2D eigenvalue weighted by molar-refractivity contribution is 5.76. The molecule has 25 heavy (non-hydrogen) atoms. The first-order chi connectivity index (χ1) is 12.0. The molecule has 0 radical (unpaired) electrons. The number of nitrogens with one attached hydrogen (secondary N) is 1. The van der Waals surface area contributed by atoms with Crippen molar-refractivity contribution in [2.45, 2.75) is 31.9 Å². The van der Waals surface area contributed by atoms with Crippen LogP contribution in [-0.2, 0) is 17.8 Å². The molecule has 0 fully saturated rings. The minimum atomic E-state index is -1.77. The number of aliphatic hydroxyl groups is 1. The zero-order chi connectivity index (χ0) is 18.1. The Bertz CT molecular complexity index is 670. The number of carboxylic acids is 1. The van der Waals surface area contributed by atoms with E-state index in [1.54, 1.807) is 0 Å². The SMILES string of the molecule is CC(O)(CNCc1cccc(OCCCc2ccccc2)c1)C(=O)O. The maximum atomic E-state index is 10.9. The summed E-state index contributed by atoms with van der Waals surface area (Å²) in [5, 5.41) is 21.5. The van der Waals surface area contributed by atoms with E-state index in [0.717, 1.165) is 24.2 Å². The van der Waals surface area contributed by atoms with E-state index in [1.165, 1.54) is 12.5 Å². The van der Waals surface area contributed by atoms with Gasteiger partial charge in [0.25, 0.3) is 0 Å². The van der Waals surface area contributed by atoms with Crippen molar-refractivity contribution in [2.24, 2.45) is 0 Å². The average molecular weight is 343 g/mol. The molecule has 0 spiro atoms. The second kappa shape index (κ2) is 9.20. The summed E-state index contributed by atoms with van der Waals surface area (Å²) in [6.07, 6.45) is 1.92. The molecule has 3 N–H and O–H groups in total. The average Bonchev–Trinajstić information content (AvgIpc) is 2.60. The number of carbonyl (C=O) groups is 1. The van der Waals surface area contributed by atoms with Gasteiger partial charge in [-0.2, -0.15) is 0 Å². The van der Waals surface area contributed by atoms with E-state index in [0.29, 0.717) is 13.2 Å². The van der Waals surface area contributed by atoms with E-state index in [4.69, 9.17) is 9.84 Å². The number of aryl methyl sites for hydroxylation is 1. The molecule has 2 rings (SSSR count). The minimum absolute atomic E-state index is 0.0233. The van der Waals surface area contributed by atoms with Crippen molar-refractivity contribution >= 4 is 5.97 Å². The van der Waals surface area contributed by atoms with Gasteiger partial charge in [0, 0.05) is 13.1 Å². The van der Waals surface area contributed by atoms with Gasteiger partial charge in [-0.1, -0.05) is 42.5 Å². The van der Waals surface area contributed by atoms with Crippen molar-refractivity contribution in [3.8, 4) is 5.75 Å². The number of ether oxygens (including phenoxy) is 1. The standard InChI is InChI=1S/C20H25NO4/c1-20(24,19(22)23)15-21-14-17-9-5-11-18(13-17)25-12-6-10-16-7-3-2-4-8-16/h2-5,7-9,11,13,21,24H,6,10,12,14-15H2,1H3,(H,22,23). The highest BCUT2D eigenvalue weighted by Gasteiger charge is 2.28. The third kappa shape index (κ3) is 6.57. The van der Waals surface area contributed by atoms with Gasteiger partial charge in [-0.25, -0.2) is 4.79 Å². The molecule has 2 aromatic carbocycles. The fourth-order valence-electron chi connectivity index (χ4n) is 2.38. The summed E-state index contributed by atoms with van der Waals surface area (Å²) >= 11 is 0. The largest absolute Gasteiger partial charge is 0.494 e. The lowest BCUT2D eigenvalue weighted by molar-refractivity contribution is -0.156. The number of carboxylic acid groups (broad SMARTS) is 1. The summed E-state index contributed by atoms with van der Waals surface area (Å²) in [5.74, 6) is -0.451. The third-order valence-electron chi connectivity index (χ3n) is 3.88. The molecule has 0 heterocycles. The Morgan fingerprint density at radius 3 is 2.56 bits per heavy atom. The van der Waals surface area contributed by atoms with Gasteiger partial charge in [-0.15, -0.1) is 0 Å². The maximum absolute atomic E-state index is 10.9. The number of aliphatic carboxylic acids is 1. The lowest BCUT2D eigenvalue weighted by Gasteiger charge is -2.18. The molecule has 2 aromatic rings. The Hall–Kier alpha value is -2.37. The van der Waals surface area contributed by atoms with E-state index < -0.39 is 11.6 Å². The highest BCUT2D eigenvalue weighted by Crippen LogP contribution is 2.14. The summed E-state index contributed by atoms with van der Waals surface area (Å²) in [6.45, 7) is 2.35. The van der Waals surface area contributed by atoms with Crippen LogP contribution in [0.15, 0.2) is 54.6 Å². The van der Waals surface area contributed by atoms with Gasteiger partial charge in [-0.05, 0) is 43.0 Å². The second-order valence-corrected chi connectivity index (χ2v) is 6.27. The lowest BCUT2D eigenvalue weighted by Crippen LogP contribution is -2.44. The molecule has 0 aliphatic carbocycles. The number of rotatable bonds is 10. The maximum Gasteiger partial charge on any atom is 0.336 e. The van der Waals surface area contributed by atoms with Gasteiger partial charge in [0.1, 0.15) is 5.75 Å². The topological polar surface area (TPSA) is 78.8 Å². The smallest absolute Gasteiger partial charge is 0.336 e. The quantitative estimate of drug-likeness (QED) is 0.578. The Kier molecular flexibility index (Phi) is 6.98. The lowest BCUT2D eigenvalue weighted by atomic mass is 10.1. The zero-order valence-corrected chi connectivity index (χ0v) is 14.4. The van der Waals surface area contributed by atoms with Gasteiger partial charge in [-0.3, -0.25) is 0 Å². The van der Waals surface area contributed by atoms with Crippen LogP contribution in [0.5, 0.6) is 5.75 Å². The highest BCUT2D eigenvalue weighted by atomic mass is 16.5. The van der Waals surface area contributed by atoms with Crippen molar-refractivity contribution in [3.63, 3.8) is 0 Å². The molecule has 5 heteroatoms. The molecule has 0 bridgehead atoms. The summed E-state index contributed by atoms with van der Waals surface area (Å²) in [4.78, 5) is 10.9. The fraction of sp³-hybridized carbons (Fsp3) is 0.350. The molecule has 0 aromatic heterocycles. The number of hydrogen-bond donors (Lipinski definition) is 3. The van der Waals surface area contributed by atoms with E-state index >= 15 is 0 Å². The van der Waals surface area contributed by atoms with Crippen LogP contribution in [0.3, 0.4) is 0 Å². The Labute approximate surface area is 148 Å². The third-order valence-corrected chi connectivity index (χ3v) is 3.88. The molecular weight excluding hydrogens is 318 g/mol. The molecule has 1 unspecified atom stereocenters. The first kappa shape index (κ1) is 19.0. The van der Waals surface area contributed by atoms with Gasteiger partial charge < -0.3 is 20.3 Å². The monoisotopic (exact) mass is 343 g/mol. The van der Waals surface area contributed by atoms with Gasteiger partial charge >= 0.3 is 5.97 Å². The van der Waals surface area contributed by atoms with Crippen molar-refractivity contribution in [1.82, 2.24) is 5.32 Å². The van der Waals surface area contributed by atoms with Crippen molar-refractivity contribution in [2.75, 3.05) is 13.2 Å². The molecule has 134 valence electrons. The fourth-order valence-corrected chi connectivity index (χ4v) is 2.38. The molecule has 1 atom stereocenters. The minimum Gasteiger partial charge on any atom is -0.494 e. The van der Waals surface area contributed by atoms with Crippen LogP contribution in [0.25, 0.3) is 0 Å². The molecule has 0 saturated heterocycles. The predicted molar refractivity (Wildman–Crippen MR) is 96.7 cm³/mol. The van der Waals surface area contributed by atoms with Crippen LogP contribution in [0.2, 0.25) is 0 Å². The van der Waals surface area contributed by atoms with Crippen LogP contribution in [0, 0.1) is 0 Å². The Morgan fingerprint density at radius 2 is 1.84 bits per heavy atom. The van der Waals surface area contributed by atoms with Crippen LogP contribution < -0.4 is 10.1 Å². The van der Waals surface area contributed by atoms with E-state index in [2.05, 4.69) is 17.4 Å². The summed E-state index contributed by atoms with van der Waals surface area (Å²) < 4.78 is 5.78. The number of benzene rings is 2. The van der Waals surface area contributed by atoms with Crippen LogP contribution >= 0.6 is 0 Å². The van der Waals surface area contributed by atoms with Crippen LogP contribution in [0.4, 0.5) is 0 Å². The van der Waals surface area contributed by atoms with E-state index in [9.17, 15) is 9.90 Å². The first-order valence-electron chi connectivity index (χ1n) is 8.39. The normalized spacial score (nSPS) is 13.2. The zero-order valence-electron chi connectivity index (χ0n) is 14.4. The van der Waals surface area contributed by atoms with Crippen LogP contribution in [-0.4, -0.2) is 34.9 Å². The van der Waals surface area contributed by atoms with E-state index in [1.807, 2.05) is 42.5 Å². The van der Waals surface area contributed by atoms with Crippen molar-refractivity contribution in [3.05, 3.63) is 65.7 Å². The Balaban J connectivity index is 1.74. The second-order valence-electron chi connectivity index (χ2n) is 6.27. The summed E-state index contributed by atoms with van der Waals surface area (Å²) in [5.41, 5.74) is 0.502. The van der Waals surface area contributed by atoms with Crippen molar-refractivity contribution < 1.29 is 19.7 Å². The first-order valence-corrected chi connectivity index (χ1v) is 8.39. The molecule has 0 aliphatic heterocycles. The Morgan fingerprint density at radius 1 is 1.12 bits per heavy atom. The molecular formula is C20H25NO4. The number of hydrogen-bond acceptors (Lipinski definition) is 4. The van der Waals surface area contributed by atoms with Crippen molar-refractivity contribution in [1.29, 1.82) is 0 Å². The van der Waals surface area contributed by atoms with E-state index in [-0.39, 0.29) is 6.54 Å². The van der Waals surface area contributed by atoms with Gasteiger partial charge in [0.2, 0.25) is 0 Å². The molecule has 0 amide bonds. The summed E-state index contributed by atoms with van der Waals surface area (Å²) in [7, 11) is 0. The van der Waals surface area contributed by atoms with Gasteiger partial charge in [0.05, 0.1) is 6.61 Å². The predicted octanol–water partition coefficient (Wildman–Crippen LogP) is 2.62. The van der Waals surface area contributed by atoms with Gasteiger partial charge in [0.15, 0.2) is 5.60 Å². The molecule has 5 nitrogen and oxygen atoms in total. The molecule has 0 aliphatic rings.